The third-order valence-corrected chi connectivity index (χ3v) is 3.78. The Morgan fingerprint density at radius 2 is 2.06 bits per heavy atom. The van der Waals surface area contributed by atoms with Crippen molar-refractivity contribution < 1.29 is 17.9 Å². The van der Waals surface area contributed by atoms with Gasteiger partial charge in [0.2, 0.25) is 0 Å². The molecule has 0 N–H and O–H groups in total. The molecule has 1 aromatic carbocycles. The Kier molecular flexibility index (Phi) is 3.93. The summed E-state index contributed by atoms with van der Waals surface area (Å²) in [4.78, 5) is 11.1. The van der Waals surface area contributed by atoms with E-state index in [9.17, 15) is 13.2 Å². The third kappa shape index (κ3) is 2.54. The summed E-state index contributed by atoms with van der Waals surface area (Å²) in [6, 6.07) is 4.05. The number of hydrogen-bond donors (Lipinski definition) is 0. The van der Waals surface area contributed by atoms with Crippen LogP contribution in [0.2, 0.25) is 5.02 Å². The van der Waals surface area contributed by atoms with Crippen LogP contribution in [0.1, 0.15) is 12.5 Å². The van der Waals surface area contributed by atoms with Gasteiger partial charge in [0.25, 0.3) is 9.84 Å². The molecule has 1 aromatic rings. The molecular formula is C10H11ClO4S. The van der Waals surface area contributed by atoms with E-state index in [1.165, 1.54) is 18.2 Å². The molecule has 0 aliphatic heterocycles. The third-order valence-electron chi connectivity index (χ3n) is 1.92. The minimum Gasteiger partial charge on any atom is -0.454 e. The molecule has 0 heterocycles. The van der Waals surface area contributed by atoms with Crippen molar-refractivity contribution in [2.24, 2.45) is 0 Å². The Labute approximate surface area is 99.1 Å². The van der Waals surface area contributed by atoms with E-state index < -0.39 is 15.1 Å². The molecule has 0 amide bonds. The van der Waals surface area contributed by atoms with Crippen LogP contribution in [0.25, 0.3) is 0 Å². The minimum absolute atomic E-state index is 0.0185. The number of carbonyl (C=O) groups is 1. The molecule has 0 saturated heterocycles. The van der Waals surface area contributed by atoms with Crippen LogP contribution in [-0.2, 0) is 14.6 Å². The number of ether oxygens (including phenoxy) is 1. The van der Waals surface area contributed by atoms with E-state index in [-0.39, 0.29) is 11.5 Å². The second-order valence-electron chi connectivity index (χ2n) is 3.10. The highest BCUT2D eigenvalue weighted by molar-refractivity contribution is 8.05. The normalized spacial score (nSPS) is 11.2. The number of carbonyl (C=O) groups excluding carboxylic acids is 1. The monoisotopic (exact) mass is 262 g/mol. The Bertz CT molecular complexity index is 508. The van der Waals surface area contributed by atoms with Crippen LogP contribution in [0.15, 0.2) is 23.1 Å². The second-order valence-corrected chi connectivity index (χ2v) is 5.32. The molecular weight excluding hydrogens is 252 g/mol. The van der Waals surface area contributed by atoms with Crippen LogP contribution in [0.4, 0.5) is 4.79 Å². The van der Waals surface area contributed by atoms with Gasteiger partial charge >= 0.3 is 5.30 Å². The van der Waals surface area contributed by atoms with Gasteiger partial charge in [-0.3, -0.25) is 0 Å². The lowest BCUT2D eigenvalue weighted by atomic mass is 10.2. The van der Waals surface area contributed by atoms with E-state index in [1.807, 2.05) is 0 Å². The first kappa shape index (κ1) is 13.0. The number of rotatable bonds is 2. The highest BCUT2D eigenvalue weighted by Crippen LogP contribution is 2.21. The van der Waals surface area contributed by atoms with E-state index >= 15 is 0 Å². The molecule has 0 saturated carbocycles. The average Bonchev–Trinajstić information content (AvgIpc) is 2.22. The number of aryl methyl sites for hydroxylation is 1. The van der Waals surface area contributed by atoms with Gasteiger partial charge in [-0.25, -0.2) is 13.2 Å². The first-order valence-electron chi connectivity index (χ1n) is 4.57. The van der Waals surface area contributed by atoms with E-state index in [0.29, 0.717) is 10.6 Å². The second kappa shape index (κ2) is 4.84. The maximum Gasteiger partial charge on any atom is 0.429 e. The SMILES string of the molecule is CCOC(=O)S(=O)(=O)c1ccc(Cl)c(C)c1. The first-order valence-corrected chi connectivity index (χ1v) is 6.43. The molecule has 0 aliphatic rings. The zero-order valence-electron chi connectivity index (χ0n) is 8.86. The molecule has 0 aliphatic carbocycles. The van der Waals surface area contributed by atoms with Crippen LogP contribution < -0.4 is 0 Å². The number of sulfone groups is 1. The highest BCUT2D eigenvalue weighted by atomic mass is 35.5. The Morgan fingerprint density at radius 3 is 2.56 bits per heavy atom. The topological polar surface area (TPSA) is 60.4 Å². The van der Waals surface area contributed by atoms with Crippen molar-refractivity contribution in [1.29, 1.82) is 0 Å². The molecule has 88 valence electrons. The van der Waals surface area contributed by atoms with E-state index in [1.54, 1.807) is 13.8 Å². The number of halogens is 1. The fourth-order valence-electron chi connectivity index (χ4n) is 1.08. The van der Waals surface area contributed by atoms with Crippen LogP contribution in [0.5, 0.6) is 0 Å². The first-order chi connectivity index (χ1) is 7.39. The predicted octanol–water partition coefficient (Wildman–Crippen LogP) is 2.58. The maximum atomic E-state index is 11.7. The lowest BCUT2D eigenvalue weighted by molar-refractivity contribution is 0.178. The molecule has 4 nitrogen and oxygen atoms in total. The van der Waals surface area contributed by atoms with E-state index in [4.69, 9.17) is 11.6 Å². The molecule has 0 bridgehead atoms. The zero-order valence-corrected chi connectivity index (χ0v) is 10.4. The van der Waals surface area contributed by atoms with Crippen molar-refractivity contribution in [2.45, 2.75) is 18.7 Å². The number of benzene rings is 1. The average molecular weight is 263 g/mol. The molecule has 1 rings (SSSR count). The molecule has 0 spiro atoms. The van der Waals surface area contributed by atoms with Crippen molar-refractivity contribution in [3.05, 3.63) is 28.8 Å². The van der Waals surface area contributed by atoms with Crippen LogP contribution >= 0.6 is 11.6 Å². The van der Waals surface area contributed by atoms with Gasteiger partial charge in [-0.2, -0.15) is 0 Å². The predicted molar refractivity (Wildman–Crippen MR) is 60.4 cm³/mol. The smallest absolute Gasteiger partial charge is 0.429 e. The van der Waals surface area contributed by atoms with Gasteiger partial charge in [0.15, 0.2) is 0 Å². The molecule has 0 fully saturated rings. The molecule has 0 atom stereocenters. The zero-order chi connectivity index (χ0) is 12.3. The largest absolute Gasteiger partial charge is 0.454 e. The lowest BCUT2D eigenvalue weighted by Crippen LogP contribution is -2.16. The summed E-state index contributed by atoms with van der Waals surface area (Å²) < 4.78 is 27.8. The lowest BCUT2D eigenvalue weighted by Gasteiger charge is -2.05. The van der Waals surface area contributed by atoms with Gasteiger partial charge in [-0.05, 0) is 37.6 Å². The van der Waals surface area contributed by atoms with E-state index in [2.05, 4.69) is 4.74 Å². The fourth-order valence-corrected chi connectivity index (χ4v) is 2.24. The Hall–Kier alpha value is -1.07. The quantitative estimate of drug-likeness (QED) is 0.769. The van der Waals surface area contributed by atoms with Gasteiger partial charge in [-0.1, -0.05) is 11.6 Å². The maximum absolute atomic E-state index is 11.7. The minimum atomic E-state index is -4.06. The molecule has 0 unspecified atom stereocenters. The summed E-state index contributed by atoms with van der Waals surface area (Å²) in [6.07, 6.45) is 0. The highest BCUT2D eigenvalue weighted by Gasteiger charge is 2.26. The Morgan fingerprint density at radius 1 is 1.44 bits per heavy atom. The van der Waals surface area contributed by atoms with Crippen LogP contribution in [0, 0.1) is 6.92 Å². The van der Waals surface area contributed by atoms with Crippen molar-refractivity contribution >= 4 is 26.7 Å². The van der Waals surface area contributed by atoms with Crippen molar-refractivity contribution in [3.63, 3.8) is 0 Å². The summed E-state index contributed by atoms with van der Waals surface area (Å²) in [5.74, 6) is 0. The fraction of sp³-hybridized carbons (Fsp3) is 0.300. The van der Waals surface area contributed by atoms with Crippen molar-refractivity contribution in [1.82, 2.24) is 0 Å². The van der Waals surface area contributed by atoms with Crippen molar-refractivity contribution in [3.8, 4) is 0 Å². The standard InChI is InChI=1S/C10H11ClO4S/c1-3-15-10(12)16(13,14)8-4-5-9(11)7(2)6-8/h4-6H,3H2,1-2H3. The van der Waals surface area contributed by atoms with Gasteiger partial charge in [0.1, 0.15) is 0 Å². The van der Waals surface area contributed by atoms with Crippen molar-refractivity contribution in [2.75, 3.05) is 6.61 Å². The van der Waals surface area contributed by atoms with Gasteiger partial charge < -0.3 is 4.74 Å². The Balaban J connectivity index is 3.18. The summed E-state index contributed by atoms with van der Waals surface area (Å²) in [5.41, 5.74) is 0.590. The van der Waals surface area contributed by atoms with Crippen LogP contribution in [0.3, 0.4) is 0 Å². The molecule has 0 radical (unpaired) electrons. The van der Waals surface area contributed by atoms with Gasteiger partial charge in [0.05, 0.1) is 11.5 Å². The van der Waals surface area contributed by atoms with Gasteiger partial charge in [0, 0.05) is 5.02 Å². The molecule has 6 heteroatoms. The number of hydrogen-bond acceptors (Lipinski definition) is 4. The van der Waals surface area contributed by atoms with Gasteiger partial charge in [-0.15, -0.1) is 0 Å². The van der Waals surface area contributed by atoms with Crippen LogP contribution in [-0.4, -0.2) is 20.3 Å². The summed E-state index contributed by atoms with van der Waals surface area (Å²) >= 11 is 5.76. The molecule has 0 aromatic heterocycles. The summed E-state index contributed by atoms with van der Waals surface area (Å²) in [5, 5.41) is -0.792. The summed E-state index contributed by atoms with van der Waals surface area (Å²) in [6.45, 7) is 3.22. The molecule has 16 heavy (non-hydrogen) atoms. The summed E-state index contributed by atoms with van der Waals surface area (Å²) in [7, 11) is -4.06. The van der Waals surface area contributed by atoms with E-state index in [0.717, 1.165) is 0 Å².